The van der Waals surface area contributed by atoms with E-state index in [0.29, 0.717) is 5.92 Å². The molecular formula is C29H41N5O. The van der Waals surface area contributed by atoms with Gasteiger partial charge in [-0.15, -0.1) is 0 Å². The highest BCUT2D eigenvalue weighted by Gasteiger charge is 2.29. The fraction of sp³-hybridized carbons (Fsp3) is 0.621. The second kappa shape index (κ2) is 10.1. The molecule has 0 bridgehead atoms. The van der Waals surface area contributed by atoms with Gasteiger partial charge < -0.3 is 24.8 Å². The SMILES string of the molecule is Cc1cc(C2CCN(C3CCN(C)CC3)CC2)cc2c1CCc1c(N3CCOCC3)ccnc1N2. The van der Waals surface area contributed by atoms with Crippen molar-refractivity contribution in [3.63, 3.8) is 0 Å². The number of nitrogens with zero attached hydrogens (tertiary/aromatic N) is 4. The number of aromatic nitrogens is 1. The summed E-state index contributed by atoms with van der Waals surface area (Å²) in [6, 6.07) is 7.93. The molecule has 0 spiro atoms. The van der Waals surface area contributed by atoms with Crippen LogP contribution in [0.15, 0.2) is 24.4 Å². The highest BCUT2D eigenvalue weighted by molar-refractivity contribution is 5.73. The predicted molar refractivity (Wildman–Crippen MR) is 143 cm³/mol. The smallest absolute Gasteiger partial charge is 0.135 e. The Morgan fingerprint density at radius 3 is 2.43 bits per heavy atom. The van der Waals surface area contributed by atoms with Gasteiger partial charge >= 0.3 is 0 Å². The molecule has 3 saturated heterocycles. The monoisotopic (exact) mass is 475 g/mol. The molecule has 6 heteroatoms. The molecule has 6 rings (SSSR count). The maximum absolute atomic E-state index is 5.59. The van der Waals surface area contributed by atoms with Gasteiger partial charge in [-0.2, -0.15) is 0 Å². The number of rotatable bonds is 3. The van der Waals surface area contributed by atoms with E-state index >= 15 is 0 Å². The number of benzene rings is 1. The van der Waals surface area contributed by atoms with Crippen LogP contribution < -0.4 is 10.2 Å². The van der Waals surface area contributed by atoms with Crippen LogP contribution in [0.1, 0.15) is 53.9 Å². The second-order valence-electron chi connectivity index (χ2n) is 11.1. The van der Waals surface area contributed by atoms with Crippen molar-refractivity contribution in [2.24, 2.45) is 0 Å². The van der Waals surface area contributed by atoms with Crippen molar-refractivity contribution in [1.82, 2.24) is 14.8 Å². The molecule has 0 radical (unpaired) electrons. The van der Waals surface area contributed by atoms with Crippen LogP contribution in [0, 0.1) is 6.92 Å². The van der Waals surface area contributed by atoms with Crippen LogP contribution >= 0.6 is 0 Å². The molecule has 6 nitrogen and oxygen atoms in total. The minimum Gasteiger partial charge on any atom is -0.378 e. The average molecular weight is 476 g/mol. The number of piperidine rings is 2. The van der Waals surface area contributed by atoms with Crippen molar-refractivity contribution in [3.8, 4) is 0 Å². The Morgan fingerprint density at radius 1 is 0.914 bits per heavy atom. The van der Waals surface area contributed by atoms with Gasteiger partial charge in [0.05, 0.1) is 13.2 Å². The highest BCUT2D eigenvalue weighted by Crippen LogP contribution is 2.39. The lowest BCUT2D eigenvalue weighted by Gasteiger charge is -2.41. The van der Waals surface area contributed by atoms with Crippen molar-refractivity contribution >= 4 is 17.2 Å². The highest BCUT2D eigenvalue weighted by atomic mass is 16.5. The molecule has 2 aromatic rings. The first-order chi connectivity index (χ1) is 17.2. The summed E-state index contributed by atoms with van der Waals surface area (Å²) in [5.41, 5.74) is 8.38. The molecule has 1 aromatic carbocycles. The summed E-state index contributed by atoms with van der Waals surface area (Å²) in [6.45, 7) is 10.8. The number of pyridine rings is 1. The van der Waals surface area contributed by atoms with E-state index in [4.69, 9.17) is 9.72 Å². The van der Waals surface area contributed by atoms with E-state index in [2.05, 4.69) is 52.2 Å². The van der Waals surface area contributed by atoms with Crippen molar-refractivity contribution in [3.05, 3.63) is 46.6 Å². The number of aryl methyl sites for hydroxylation is 1. The lowest BCUT2D eigenvalue weighted by atomic mass is 9.85. The molecule has 5 heterocycles. The van der Waals surface area contributed by atoms with Gasteiger partial charge in [-0.05, 0) is 113 Å². The summed E-state index contributed by atoms with van der Waals surface area (Å²) in [4.78, 5) is 12.5. The summed E-state index contributed by atoms with van der Waals surface area (Å²) < 4.78 is 5.59. The van der Waals surface area contributed by atoms with Gasteiger partial charge in [0.25, 0.3) is 0 Å². The van der Waals surface area contributed by atoms with E-state index in [1.165, 1.54) is 85.5 Å². The molecule has 4 aliphatic heterocycles. The molecule has 4 aliphatic rings. The van der Waals surface area contributed by atoms with E-state index in [-0.39, 0.29) is 0 Å². The number of morpholine rings is 1. The van der Waals surface area contributed by atoms with Crippen LogP contribution in [-0.4, -0.2) is 80.4 Å². The molecule has 0 atom stereocenters. The lowest BCUT2D eigenvalue weighted by molar-refractivity contribution is 0.0966. The van der Waals surface area contributed by atoms with Crippen LogP contribution in [0.25, 0.3) is 0 Å². The summed E-state index contributed by atoms with van der Waals surface area (Å²) >= 11 is 0. The molecule has 188 valence electrons. The Hall–Kier alpha value is -2.15. The fourth-order valence-corrected chi connectivity index (χ4v) is 6.80. The van der Waals surface area contributed by atoms with Gasteiger partial charge in [-0.1, -0.05) is 6.07 Å². The van der Waals surface area contributed by atoms with Gasteiger partial charge in [-0.3, -0.25) is 0 Å². The van der Waals surface area contributed by atoms with Crippen molar-refractivity contribution in [1.29, 1.82) is 0 Å². The first-order valence-corrected chi connectivity index (χ1v) is 13.8. The zero-order valence-corrected chi connectivity index (χ0v) is 21.6. The normalized spacial score (nSPS) is 22.9. The number of nitrogens with one attached hydrogen (secondary N) is 1. The number of fused-ring (bicyclic) bond motifs is 2. The molecule has 3 fully saturated rings. The Kier molecular flexibility index (Phi) is 6.70. The Bertz CT molecular complexity index is 1030. The van der Waals surface area contributed by atoms with Crippen LogP contribution in [-0.2, 0) is 17.6 Å². The standard InChI is InChI=1S/C29H41N5O/c1-21-19-23(22-6-13-33(14-7-22)24-8-11-32(2)12-9-24)20-27-25(21)3-4-26-28(5-10-30-29(26)31-27)34-15-17-35-18-16-34/h5,10,19-20,22,24H,3-4,6-9,11-18H2,1-2H3,(H,30,31). The Balaban J connectivity index is 1.19. The van der Waals surface area contributed by atoms with Crippen molar-refractivity contribution in [2.75, 3.05) is 69.7 Å². The molecule has 1 aromatic heterocycles. The minimum absolute atomic E-state index is 0.665. The summed E-state index contributed by atoms with van der Waals surface area (Å²) in [5.74, 6) is 1.71. The molecule has 0 amide bonds. The summed E-state index contributed by atoms with van der Waals surface area (Å²) in [6.07, 6.45) is 9.30. The second-order valence-corrected chi connectivity index (χ2v) is 11.1. The van der Waals surface area contributed by atoms with E-state index in [9.17, 15) is 0 Å². The van der Waals surface area contributed by atoms with Crippen LogP contribution in [0.4, 0.5) is 17.2 Å². The zero-order chi connectivity index (χ0) is 23.8. The Morgan fingerprint density at radius 2 is 1.66 bits per heavy atom. The first kappa shape index (κ1) is 23.3. The molecule has 1 N–H and O–H groups in total. The number of ether oxygens (including phenoxy) is 1. The van der Waals surface area contributed by atoms with Gasteiger partial charge in [-0.25, -0.2) is 4.98 Å². The summed E-state index contributed by atoms with van der Waals surface area (Å²) in [5, 5.41) is 3.78. The number of hydrogen-bond donors (Lipinski definition) is 1. The van der Waals surface area contributed by atoms with E-state index < -0.39 is 0 Å². The third-order valence-electron chi connectivity index (χ3n) is 8.96. The minimum atomic E-state index is 0.665. The zero-order valence-electron chi connectivity index (χ0n) is 21.6. The van der Waals surface area contributed by atoms with E-state index in [1.54, 1.807) is 0 Å². The number of likely N-dealkylation sites (tertiary alicyclic amines) is 2. The topological polar surface area (TPSA) is 43.9 Å². The Labute approximate surface area is 210 Å². The summed E-state index contributed by atoms with van der Waals surface area (Å²) in [7, 11) is 2.26. The van der Waals surface area contributed by atoms with Crippen molar-refractivity contribution < 1.29 is 4.74 Å². The van der Waals surface area contributed by atoms with Crippen LogP contribution in [0.2, 0.25) is 0 Å². The van der Waals surface area contributed by atoms with Crippen molar-refractivity contribution in [2.45, 2.75) is 57.4 Å². The third kappa shape index (κ3) is 4.81. The van der Waals surface area contributed by atoms with E-state index in [1.807, 2.05) is 6.20 Å². The van der Waals surface area contributed by atoms with Crippen LogP contribution in [0.5, 0.6) is 0 Å². The molecule has 0 saturated carbocycles. The average Bonchev–Trinajstić information content (AvgIpc) is 3.09. The quantitative estimate of drug-likeness (QED) is 0.712. The first-order valence-electron chi connectivity index (χ1n) is 13.8. The number of hydrogen-bond acceptors (Lipinski definition) is 6. The van der Waals surface area contributed by atoms with Gasteiger partial charge in [0.2, 0.25) is 0 Å². The number of anilines is 3. The maximum atomic E-state index is 5.59. The molecule has 35 heavy (non-hydrogen) atoms. The van der Waals surface area contributed by atoms with E-state index in [0.717, 1.165) is 51.0 Å². The molecular weight excluding hydrogens is 434 g/mol. The predicted octanol–water partition coefficient (Wildman–Crippen LogP) is 4.34. The maximum Gasteiger partial charge on any atom is 0.135 e. The molecule has 0 aliphatic carbocycles. The fourth-order valence-electron chi connectivity index (χ4n) is 6.80. The van der Waals surface area contributed by atoms with Crippen LogP contribution in [0.3, 0.4) is 0 Å². The third-order valence-corrected chi connectivity index (χ3v) is 8.96. The largest absolute Gasteiger partial charge is 0.378 e. The van der Waals surface area contributed by atoms with Gasteiger partial charge in [0.15, 0.2) is 0 Å². The molecule has 0 unspecified atom stereocenters. The van der Waals surface area contributed by atoms with Gasteiger partial charge in [0.1, 0.15) is 5.82 Å². The lowest BCUT2D eigenvalue weighted by Crippen LogP contribution is -2.46. The van der Waals surface area contributed by atoms with Gasteiger partial charge in [0, 0.05) is 42.3 Å².